The maximum atomic E-state index is 13.4. The van der Waals surface area contributed by atoms with E-state index in [0.29, 0.717) is 23.2 Å². The molecular formula is C27H28FN5O4S. The molecule has 0 radical (unpaired) electrons. The number of thioether (sulfide) groups is 1. The first-order valence-electron chi connectivity index (χ1n) is 12.6. The van der Waals surface area contributed by atoms with Crippen LogP contribution in [0.2, 0.25) is 0 Å². The Kier molecular flexibility index (Phi) is 8.14. The van der Waals surface area contributed by atoms with Crippen molar-refractivity contribution in [3.63, 3.8) is 0 Å². The molecule has 2 atom stereocenters. The normalized spacial score (nSPS) is 19.9. The highest BCUT2D eigenvalue weighted by Gasteiger charge is 2.41. The lowest BCUT2D eigenvalue weighted by atomic mass is 10.1. The van der Waals surface area contributed by atoms with Crippen LogP contribution in [-0.2, 0) is 25.7 Å². The van der Waals surface area contributed by atoms with Crippen molar-refractivity contribution in [1.82, 2.24) is 15.5 Å². The van der Waals surface area contributed by atoms with Gasteiger partial charge in [0.15, 0.2) is 5.17 Å². The summed E-state index contributed by atoms with van der Waals surface area (Å²) in [6.45, 7) is 1.46. The lowest BCUT2D eigenvalue weighted by molar-refractivity contribution is -0.125. The van der Waals surface area contributed by atoms with Crippen LogP contribution >= 0.6 is 11.8 Å². The van der Waals surface area contributed by atoms with Crippen molar-refractivity contribution >= 4 is 46.2 Å². The lowest BCUT2D eigenvalue weighted by Gasteiger charge is -2.25. The second-order valence-corrected chi connectivity index (χ2v) is 10.2. The molecule has 9 nitrogen and oxygen atoms in total. The van der Waals surface area contributed by atoms with Crippen molar-refractivity contribution in [1.29, 1.82) is 0 Å². The van der Waals surface area contributed by atoms with Gasteiger partial charge < -0.3 is 15.4 Å². The number of fused-ring (bicyclic) bond motifs is 3. The number of rotatable bonds is 9. The molecule has 3 amide bonds. The Morgan fingerprint density at radius 2 is 1.92 bits per heavy atom. The highest BCUT2D eigenvalue weighted by molar-refractivity contribution is 8.14. The van der Waals surface area contributed by atoms with Gasteiger partial charge in [-0.2, -0.15) is 0 Å². The van der Waals surface area contributed by atoms with E-state index >= 15 is 0 Å². The van der Waals surface area contributed by atoms with Crippen LogP contribution in [0.25, 0.3) is 0 Å². The van der Waals surface area contributed by atoms with Gasteiger partial charge in [0.1, 0.15) is 17.7 Å². The number of amides is 3. The molecule has 2 aromatic rings. The SMILES string of the molecule is O=C(CC[C@@H]1N=C2c3ccccc3N=C(SCC(=O)NC[C@@H]3CCCO3)N2C1=O)NCc1ccc(F)cc1. The second kappa shape index (κ2) is 11.9. The Morgan fingerprint density at radius 3 is 2.71 bits per heavy atom. The molecule has 38 heavy (non-hydrogen) atoms. The Labute approximate surface area is 223 Å². The van der Waals surface area contributed by atoms with E-state index in [9.17, 15) is 18.8 Å². The number of benzene rings is 2. The number of hydrogen-bond donors (Lipinski definition) is 2. The molecular weight excluding hydrogens is 509 g/mol. The topological polar surface area (TPSA) is 112 Å². The summed E-state index contributed by atoms with van der Waals surface area (Å²) in [5.41, 5.74) is 2.19. The van der Waals surface area contributed by atoms with Crippen molar-refractivity contribution < 1.29 is 23.5 Å². The van der Waals surface area contributed by atoms with E-state index in [1.165, 1.54) is 28.8 Å². The van der Waals surface area contributed by atoms with Crippen molar-refractivity contribution in [3.8, 4) is 0 Å². The Hall–Kier alpha value is -3.57. The molecule has 198 valence electrons. The fourth-order valence-electron chi connectivity index (χ4n) is 4.46. The van der Waals surface area contributed by atoms with Gasteiger partial charge in [0.2, 0.25) is 11.8 Å². The first-order valence-corrected chi connectivity index (χ1v) is 13.6. The van der Waals surface area contributed by atoms with Gasteiger partial charge in [-0.25, -0.2) is 14.3 Å². The van der Waals surface area contributed by atoms with Crippen molar-refractivity contribution in [2.75, 3.05) is 18.9 Å². The molecule has 1 saturated heterocycles. The van der Waals surface area contributed by atoms with E-state index < -0.39 is 6.04 Å². The average molecular weight is 538 g/mol. The Bertz CT molecular complexity index is 1280. The van der Waals surface area contributed by atoms with Crippen LogP contribution in [0.1, 0.15) is 36.8 Å². The van der Waals surface area contributed by atoms with Gasteiger partial charge in [0.25, 0.3) is 5.91 Å². The molecule has 3 aliphatic heterocycles. The van der Waals surface area contributed by atoms with Crippen LogP contribution in [0.5, 0.6) is 0 Å². The largest absolute Gasteiger partial charge is 0.376 e. The number of nitrogens with one attached hydrogen (secondary N) is 2. The summed E-state index contributed by atoms with van der Waals surface area (Å²) in [5, 5.41) is 6.07. The molecule has 0 bridgehead atoms. The van der Waals surface area contributed by atoms with Crippen LogP contribution in [0, 0.1) is 5.82 Å². The van der Waals surface area contributed by atoms with Crippen LogP contribution in [0.4, 0.5) is 10.1 Å². The van der Waals surface area contributed by atoms with Crippen LogP contribution in [0.3, 0.4) is 0 Å². The smallest absolute Gasteiger partial charge is 0.259 e. The number of carbonyl (C=O) groups is 3. The zero-order valence-corrected chi connectivity index (χ0v) is 21.5. The zero-order chi connectivity index (χ0) is 26.5. The van der Waals surface area contributed by atoms with Crippen molar-refractivity contribution in [2.24, 2.45) is 9.98 Å². The minimum absolute atomic E-state index is 0.0513. The zero-order valence-electron chi connectivity index (χ0n) is 20.7. The molecule has 2 aromatic carbocycles. The lowest BCUT2D eigenvalue weighted by Crippen LogP contribution is -2.42. The summed E-state index contributed by atoms with van der Waals surface area (Å²) < 4.78 is 18.6. The summed E-state index contributed by atoms with van der Waals surface area (Å²) >= 11 is 1.18. The number of amidine groups is 2. The monoisotopic (exact) mass is 537 g/mol. The first-order chi connectivity index (χ1) is 18.5. The second-order valence-electron chi connectivity index (χ2n) is 9.22. The molecule has 0 aliphatic carbocycles. The van der Waals surface area contributed by atoms with Gasteiger partial charge in [-0.3, -0.25) is 19.4 Å². The van der Waals surface area contributed by atoms with Gasteiger partial charge in [-0.1, -0.05) is 36.0 Å². The molecule has 0 unspecified atom stereocenters. The minimum atomic E-state index is -0.730. The number of aliphatic imine (C=N–C) groups is 2. The molecule has 3 heterocycles. The van der Waals surface area contributed by atoms with Crippen molar-refractivity contribution in [3.05, 3.63) is 65.5 Å². The predicted molar refractivity (Wildman–Crippen MR) is 143 cm³/mol. The quantitative estimate of drug-likeness (QED) is 0.511. The molecule has 3 aliphatic rings. The standard InChI is InChI=1S/C27H28FN5O4S/c28-18-9-7-17(8-10-18)14-29-23(34)12-11-22-26(36)33-25(31-22)20-5-1-2-6-21(20)32-27(33)38-16-24(35)30-15-19-4-3-13-37-19/h1-2,5-10,19,22H,3-4,11-16H2,(H,29,34)(H,30,35)/t19-,22-/m0/s1. The highest BCUT2D eigenvalue weighted by Crippen LogP contribution is 2.34. The summed E-state index contributed by atoms with van der Waals surface area (Å²) in [6, 6.07) is 12.6. The third kappa shape index (κ3) is 6.11. The third-order valence-corrected chi connectivity index (χ3v) is 7.42. The number of nitrogens with zero attached hydrogens (tertiary/aromatic N) is 3. The van der Waals surface area contributed by atoms with E-state index in [1.807, 2.05) is 24.3 Å². The highest BCUT2D eigenvalue weighted by atomic mass is 32.2. The van der Waals surface area contributed by atoms with Crippen molar-refractivity contribution in [2.45, 2.75) is 44.4 Å². The third-order valence-electron chi connectivity index (χ3n) is 6.48. The van der Waals surface area contributed by atoms with Gasteiger partial charge in [0.05, 0.1) is 17.5 Å². The average Bonchev–Trinajstić information content (AvgIpc) is 3.57. The Morgan fingerprint density at radius 1 is 1.11 bits per heavy atom. The summed E-state index contributed by atoms with van der Waals surface area (Å²) in [4.78, 5) is 49.0. The Balaban J connectivity index is 1.20. The summed E-state index contributed by atoms with van der Waals surface area (Å²) in [5.74, 6) is -0.407. The van der Waals surface area contributed by atoms with E-state index in [2.05, 4.69) is 20.6 Å². The van der Waals surface area contributed by atoms with Gasteiger partial charge in [-0.15, -0.1) is 0 Å². The molecule has 0 aromatic heterocycles. The number of halogens is 1. The van der Waals surface area contributed by atoms with Crippen LogP contribution in [-0.4, -0.2) is 64.7 Å². The number of para-hydroxylation sites is 1. The number of ether oxygens (including phenoxy) is 1. The molecule has 0 saturated carbocycles. The fourth-order valence-corrected chi connectivity index (χ4v) is 5.29. The van der Waals surface area contributed by atoms with E-state index in [-0.39, 0.29) is 54.8 Å². The van der Waals surface area contributed by atoms with E-state index in [4.69, 9.17) is 4.74 Å². The minimum Gasteiger partial charge on any atom is -0.376 e. The molecule has 11 heteroatoms. The number of carbonyl (C=O) groups excluding carboxylic acids is 3. The maximum absolute atomic E-state index is 13.4. The first kappa shape index (κ1) is 26.1. The summed E-state index contributed by atoms with van der Waals surface area (Å²) in [7, 11) is 0. The summed E-state index contributed by atoms with van der Waals surface area (Å²) in [6.07, 6.45) is 2.33. The van der Waals surface area contributed by atoms with Gasteiger partial charge in [0, 0.05) is 31.7 Å². The van der Waals surface area contributed by atoms with E-state index in [0.717, 1.165) is 30.6 Å². The molecule has 2 N–H and O–H groups in total. The van der Waals surface area contributed by atoms with Gasteiger partial charge in [-0.05, 0) is 49.1 Å². The number of hydrogen-bond acceptors (Lipinski definition) is 7. The molecule has 0 spiro atoms. The molecule has 5 rings (SSSR count). The van der Waals surface area contributed by atoms with Crippen LogP contribution in [0.15, 0.2) is 58.5 Å². The van der Waals surface area contributed by atoms with Gasteiger partial charge >= 0.3 is 0 Å². The molecule has 1 fully saturated rings. The fraction of sp³-hybridized carbons (Fsp3) is 0.370. The van der Waals surface area contributed by atoms with E-state index in [1.54, 1.807) is 12.1 Å². The maximum Gasteiger partial charge on any atom is 0.259 e. The van der Waals surface area contributed by atoms with Crippen LogP contribution < -0.4 is 10.6 Å². The predicted octanol–water partition coefficient (Wildman–Crippen LogP) is 2.91.